The summed E-state index contributed by atoms with van der Waals surface area (Å²) < 4.78 is 17.9. The Labute approximate surface area is 161 Å². The van der Waals surface area contributed by atoms with Crippen LogP contribution in [0.4, 0.5) is 0 Å². The number of ether oxygens (including phenoxy) is 3. The van der Waals surface area contributed by atoms with Crippen molar-refractivity contribution in [2.45, 2.75) is 20.4 Å². The van der Waals surface area contributed by atoms with Gasteiger partial charge in [-0.1, -0.05) is 29.8 Å². The molecule has 0 aliphatic carbocycles. The average Bonchev–Trinajstić information content (AvgIpc) is 3.21. The molecule has 138 valence electrons. The fourth-order valence-corrected chi connectivity index (χ4v) is 3.23. The Morgan fingerprint density at radius 3 is 2.78 bits per heavy atom. The van der Waals surface area contributed by atoms with Gasteiger partial charge in [0.15, 0.2) is 11.5 Å². The fourth-order valence-electron chi connectivity index (χ4n) is 3.03. The molecular formula is C20H17ClN2O4. The molecule has 1 aliphatic heterocycles. The van der Waals surface area contributed by atoms with Crippen LogP contribution in [0.1, 0.15) is 27.3 Å². The maximum absolute atomic E-state index is 12.7. The maximum atomic E-state index is 12.7. The summed E-state index contributed by atoms with van der Waals surface area (Å²) >= 11 is 6.23. The predicted molar refractivity (Wildman–Crippen MR) is 99.8 cm³/mol. The van der Waals surface area contributed by atoms with Crippen molar-refractivity contribution in [2.75, 3.05) is 6.79 Å². The molecule has 4 rings (SSSR count). The van der Waals surface area contributed by atoms with Gasteiger partial charge in [-0.15, -0.1) is 0 Å². The van der Waals surface area contributed by atoms with Gasteiger partial charge in [0.25, 0.3) is 0 Å². The Kier molecular flexibility index (Phi) is 4.49. The third kappa shape index (κ3) is 3.36. The van der Waals surface area contributed by atoms with E-state index < -0.39 is 5.97 Å². The monoisotopic (exact) mass is 384 g/mol. The second kappa shape index (κ2) is 6.96. The molecule has 0 radical (unpaired) electrons. The highest BCUT2D eigenvalue weighted by Crippen LogP contribution is 2.35. The molecule has 2 heterocycles. The topological polar surface area (TPSA) is 62.6 Å². The van der Waals surface area contributed by atoms with Crippen LogP contribution in [0.3, 0.4) is 0 Å². The van der Waals surface area contributed by atoms with Crippen LogP contribution >= 0.6 is 11.6 Å². The molecule has 1 aromatic heterocycles. The number of hydrogen-bond acceptors (Lipinski definition) is 5. The Morgan fingerprint density at radius 1 is 1.19 bits per heavy atom. The standard InChI is InChI=1S/C20H17ClN2O4/c1-12-19(13(2)23(22-12)10-14-5-3-4-6-16(14)21)20(24)27-15-7-8-17-18(9-15)26-11-25-17/h3-9H,10-11H2,1-2H3. The molecule has 2 aromatic carbocycles. The van der Waals surface area contributed by atoms with Gasteiger partial charge in [-0.05, 0) is 37.6 Å². The van der Waals surface area contributed by atoms with Gasteiger partial charge in [0.1, 0.15) is 11.3 Å². The van der Waals surface area contributed by atoms with Crippen LogP contribution in [0.5, 0.6) is 17.2 Å². The molecule has 0 fully saturated rings. The van der Waals surface area contributed by atoms with Crippen LogP contribution in [0.25, 0.3) is 0 Å². The molecule has 6 nitrogen and oxygen atoms in total. The normalized spacial score (nSPS) is 12.3. The van der Waals surface area contributed by atoms with Crippen LogP contribution in [0.15, 0.2) is 42.5 Å². The van der Waals surface area contributed by atoms with E-state index in [0.29, 0.717) is 40.1 Å². The van der Waals surface area contributed by atoms with Crippen molar-refractivity contribution in [1.29, 1.82) is 0 Å². The largest absolute Gasteiger partial charge is 0.454 e. The number of carbonyl (C=O) groups is 1. The van der Waals surface area contributed by atoms with E-state index in [0.717, 1.165) is 11.3 Å². The first-order chi connectivity index (χ1) is 13.0. The number of aryl methyl sites for hydroxylation is 1. The average molecular weight is 385 g/mol. The van der Waals surface area contributed by atoms with Crippen molar-refractivity contribution < 1.29 is 19.0 Å². The van der Waals surface area contributed by atoms with Crippen LogP contribution in [0, 0.1) is 13.8 Å². The molecule has 0 saturated carbocycles. The van der Waals surface area contributed by atoms with E-state index in [9.17, 15) is 4.79 Å². The molecule has 0 spiro atoms. The number of hydrogen-bond donors (Lipinski definition) is 0. The first-order valence-corrected chi connectivity index (χ1v) is 8.80. The van der Waals surface area contributed by atoms with Crippen LogP contribution in [-0.2, 0) is 6.54 Å². The Balaban J connectivity index is 1.57. The molecule has 0 atom stereocenters. The van der Waals surface area contributed by atoms with E-state index in [1.807, 2.05) is 31.2 Å². The number of halogens is 1. The SMILES string of the molecule is Cc1nn(Cc2ccccc2Cl)c(C)c1C(=O)Oc1ccc2c(c1)OCO2. The lowest BCUT2D eigenvalue weighted by Gasteiger charge is -2.08. The summed E-state index contributed by atoms with van der Waals surface area (Å²) in [4.78, 5) is 12.7. The van der Waals surface area contributed by atoms with Gasteiger partial charge < -0.3 is 14.2 Å². The van der Waals surface area contributed by atoms with Gasteiger partial charge >= 0.3 is 5.97 Å². The summed E-state index contributed by atoms with van der Waals surface area (Å²) in [5, 5.41) is 5.14. The highest BCUT2D eigenvalue weighted by Gasteiger charge is 2.22. The van der Waals surface area contributed by atoms with Crippen molar-refractivity contribution in [3.05, 3.63) is 70.0 Å². The number of benzene rings is 2. The highest BCUT2D eigenvalue weighted by molar-refractivity contribution is 6.31. The molecule has 1 aliphatic rings. The molecule has 3 aromatic rings. The Morgan fingerprint density at radius 2 is 1.96 bits per heavy atom. The van der Waals surface area contributed by atoms with Crippen molar-refractivity contribution in [1.82, 2.24) is 9.78 Å². The predicted octanol–water partition coefficient (Wildman–Crippen LogP) is 4.15. The molecule has 0 bridgehead atoms. The van der Waals surface area contributed by atoms with E-state index in [1.165, 1.54) is 0 Å². The van der Waals surface area contributed by atoms with E-state index in [2.05, 4.69) is 5.10 Å². The van der Waals surface area contributed by atoms with E-state index in [4.69, 9.17) is 25.8 Å². The Bertz CT molecular complexity index is 1030. The lowest BCUT2D eigenvalue weighted by Crippen LogP contribution is -2.11. The van der Waals surface area contributed by atoms with Gasteiger partial charge in [0.05, 0.1) is 17.9 Å². The van der Waals surface area contributed by atoms with E-state index >= 15 is 0 Å². The summed E-state index contributed by atoms with van der Waals surface area (Å²) in [6.07, 6.45) is 0. The molecule has 0 N–H and O–H groups in total. The summed E-state index contributed by atoms with van der Waals surface area (Å²) in [6.45, 7) is 4.27. The number of carbonyl (C=O) groups excluding carboxylic acids is 1. The first kappa shape index (κ1) is 17.4. The third-order valence-corrected chi connectivity index (χ3v) is 4.79. The molecule has 27 heavy (non-hydrogen) atoms. The van der Waals surface area contributed by atoms with Gasteiger partial charge in [0.2, 0.25) is 6.79 Å². The quantitative estimate of drug-likeness (QED) is 0.499. The Hall–Kier alpha value is -2.99. The smallest absolute Gasteiger partial charge is 0.347 e. The van der Waals surface area contributed by atoms with Crippen molar-refractivity contribution in [3.63, 3.8) is 0 Å². The van der Waals surface area contributed by atoms with Crippen molar-refractivity contribution in [3.8, 4) is 17.2 Å². The number of esters is 1. The van der Waals surface area contributed by atoms with Gasteiger partial charge in [0, 0.05) is 11.1 Å². The van der Waals surface area contributed by atoms with Crippen molar-refractivity contribution >= 4 is 17.6 Å². The number of fused-ring (bicyclic) bond motifs is 1. The summed E-state index contributed by atoms with van der Waals surface area (Å²) in [7, 11) is 0. The second-order valence-electron chi connectivity index (χ2n) is 6.20. The second-order valence-corrected chi connectivity index (χ2v) is 6.61. The minimum atomic E-state index is -0.464. The highest BCUT2D eigenvalue weighted by atomic mass is 35.5. The lowest BCUT2D eigenvalue weighted by molar-refractivity contribution is 0.0733. The van der Waals surface area contributed by atoms with Crippen LogP contribution in [0.2, 0.25) is 5.02 Å². The summed E-state index contributed by atoms with van der Waals surface area (Å²) in [5.41, 5.74) is 2.70. The molecule has 7 heteroatoms. The lowest BCUT2D eigenvalue weighted by atomic mass is 10.2. The fraction of sp³-hybridized carbons (Fsp3) is 0.200. The van der Waals surface area contributed by atoms with Crippen LogP contribution < -0.4 is 14.2 Å². The molecule has 0 unspecified atom stereocenters. The van der Waals surface area contributed by atoms with Gasteiger partial charge in [-0.25, -0.2) is 4.79 Å². The molecule has 0 saturated heterocycles. The summed E-state index contributed by atoms with van der Waals surface area (Å²) in [5.74, 6) is 1.12. The zero-order valence-electron chi connectivity index (χ0n) is 14.9. The molecule has 0 amide bonds. The number of rotatable bonds is 4. The van der Waals surface area contributed by atoms with Gasteiger partial charge in [-0.3, -0.25) is 4.68 Å². The summed E-state index contributed by atoms with van der Waals surface area (Å²) in [6, 6.07) is 12.6. The number of aromatic nitrogens is 2. The van der Waals surface area contributed by atoms with Crippen LogP contribution in [-0.4, -0.2) is 22.5 Å². The van der Waals surface area contributed by atoms with E-state index in [1.54, 1.807) is 29.8 Å². The maximum Gasteiger partial charge on any atom is 0.347 e. The molecular weight excluding hydrogens is 368 g/mol. The number of nitrogens with zero attached hydrogens (tertiary/aromatic N) is 2. The zero-order valence-corrected chi connectivity index (χ0v) is 15.6. The zero-order chi connectivity index (χ0) is 19.0. The third-order valence-electron chi connectivity index (χ3n) is 4.42. The minimum Gasteiger partial charge on any atom is -0.454 e. The van der Waals surface area contributed by atoms with Gasteiger partial charge in [-0.2, -0.15) is 5.10 Å². The minimum absolute atomic E-state index is 0.166. The first-order valence-electron chi connectivity index (χ1n) is 8.42. The van der Waals surface area contributed by atoms with E-state index in [-0.39, 0.29) is 6.79 Å². The van der Waals surface area contributed by atoms with Crippen molar-refractivity contribution in [2.24, 2.45) is 0 Å².